The summed E-state index contributed by atoms with van der Waals surface area (Å²) in [4.78, 5) is 2.52. The van der Waals surface area contributed by atoms with E-state index in [4.69, 9.17) is 5.73 Å². The summed E-state index contributed by atoms with van der Waals surface area (Å²) in [5.74, 6) is 0.751. The Kier molecular flexibility index (Phi) is 3.85. The molecule has 17 heavy (non-hydrogen) atoms. The van der Waals surface area contributed by atoms with Crippen LogP contribution in [0.5, 0.6) is 0 Å². The SMILES string of the molecule is CC(C)CN1CC=C(c2ccc(N)cc2)CC1. The molecular weight excluding hydrogens is 208 g/mol. The summed E-state index contributed by atoms with van der Waals surface area (Å²) in [6.45, 7) is 8.01. The quantitative estimate of drug-likeness (QED) is 0.809. The van der Waals surface area contributed by atoms with Gasteiger partial charge in [0.2, 0.25) is 0 Å². The van der Waals surface area contributed by atoms with Gasteiger partial charge in [0.05, 0.1) is 0 Å². The maximum atomic E-state index is 5.71. The highest BCUT2D eigenvalue weighted by Crippen LogP contribution is 2.23. The number of nitrogens with two attached hydrogens (primary N) is 1. The minimum atomic E-state index is 0.751. The average Bonchev–Trinajstić information content (AvgIpc) is 2.30. The van der Waals surface area contributed by atoms with E-state index in [1.165, 1.54) is 24.2 Å². The Hall–Kier alpha value is -1.28. The molecule has 1 aromatic carbocycles. The van der Waals surface area contributed by atoms with Crippen LogP contribution in [0.3, 0.4) is 0 Å². The molecule has 1 aromatic rings. The number of anilines is 1. The summed E-state index contributed by atoms with van der Waals surface area (Å²) < 4.78 is 0. The van der Waals surface area contributed by atoms with Crippen LogP contribution >= 0.6 is 0 Å². The lowest BCUT2D eigenvalue weighted by Crippen LogP contribution is -2.31. The second kappa shape index (κ2) is 5.37. The molecule has 0 amide bonds. The standard InChI is InChI=1S/C15H22N2/c1-12(2)11-17-9-7-14(8-10-17)13-3-5-15(16)6-4-13/h3-7,12H,8-11,16H2,1-2H3. The van der Waals surface area contributed by atoms with Crippen LogP contribution in [0.2, 0.25) is 0 Å². The zero-order chi connectivity index (χ0) is 12.3. The molecule has 1 heterocycles. The van der Waals surface area contributed by atoms with Crippen LogP contribution in [0.15, 0.2) is 30.3 Å². The first kappa shape index (κ1) is 12.2. The largest absolute Gasteiger partial charge is 0.399 e. The second-order valence-electron chi connectivity index (χ2n) is 5.25. The summed E-state index contributed by atoms with van der Waals surface area (Å²) in [6.07, 6.45) is 3.51. The fraction of sp³-hybridized carbons (Fsp3) is 0.467. The van der Waals surface area contributed by atoms with E-state index in [-0.39, 0.29) is 0 Å². The number of rotatable bonds is 3. The van der Waals surface area contributed by atoms with Crippen molar-refractivity contribution >= 4 is 11.3 Å². The lowest BCUT2D eigenvalue weighted by molar-refractivity contribution is 0.268. The monoisotopic (exact) mass is 230 g/mol. The molecule has 1 aliphatic rings. The van der Waals surface area contributed by atoms with E-state index in [0.717, 1.165) is 24.6 Å². The first-order valence-corrected chi connectivity index (χ1v) is 6.42. The molecule has 2 rings (SSSR count). The van der Waals surface area contributed by atoms with Crippen molar-refractivity contribution in [3.63, 3.8) is 0 Å². The van der Waals surface area contributed by atoms with Crippen LogP contribution in [-0.2, 0) is 0 Å². The third kappa shape index (κ3) is 3.34. The van der Waals surface area contributed by atoms with E-state index >= 15 is 0 Å². The van der Waals surface area contributed by atoms with Crippen LogP contribution in [0.25, 0.3) is 5.57 Å². The zero-order valence-corrected chi connectivity index (χ0v) is 10.8. The summed E-state index contributed by atoms with van der Waals surface area (Å²) in [5.41, 5.74) is 9.33. The lowest BCUT2D eigenvalue weighted by atomic mass is 9.99. The maximum Gasteiger partial charge on any atom is 0.0314 e. The molecule has 2 N–H and O–H groups in total. The molecule has 0 bridgehead atoms. The van der Waals surface area contributed by atoms with Gasteiger partial charge in [0.15, 0.2) is 0 Å². The molecule has 0 fully saturated rings. The fourth-order valence-electron chi connectivity index (χ4n) is 2.35. The molecule has 0 atom stereocenters. The summed E-state index contributed by atoms with van der Waals surface area (Å²) >= 11 is 0. The van der Waals surface area contributed by atoms with Crippen LogP contribution in [-0.4, -0.2) is 24.5 Å². The smallest absolute Gasteiger partial charge is 0.0314 e. The van der Waals surface area contributed by atoms with E-state index in [1.807, 2.05) is 12.1 Å². The minimum Gasteiger partial charge on any atom is -0.399 e. The van der Waals surface area contributed by atoms with Crippen LogP contribution < -0.4 is 5.73 Å². The van der Waals surface area contributed by atoms with Crippen molar-refractivity contribution in [1.29, 1.82) is 0 Å². The lowest BCUT2D eigenvalue weighted by Gasteiger charge is -2.27. The average molecular weight is 230 g/mol. The van der Waals surface area contributed by atoms with Gasteiger partial charge in [0.25, 0.3) is 0 Å². The zero-order valence-electron chi connectivity index (χ0n) is 10.8. The predicted octanol–water partition coefficient (Wildman–Crippen LogP) is 3.01. The molecular formula is C15H22N2. The number of nitrogens with zero attached hydrogens (tertiary/aromatic N) is 1. The van der Waals surface area contributed by atoms with Gasteiger partial charge in [0.1, 0.15) is 0 Å². The van der Waals surface area contributed by atoms with Gasteiger partial charge in [-0.2, -0.15) is 0 Å². The predicted molar refractivity (Wildman–Crippen MR) is 74.7 cm³/mol. The number of benzene rings is 1. The Bertz CT molecular complexity index is 390. The summed E-state index contributed by atoms with van der Waals surface area (Å²) in [5, 5.41) is 0. The van der Waals surface area contributed by atoms with Gasteiger partial charge >= 0.3 is 0 Å². The Labute approximate surface area is 104 Å². The summed E-state index contributed by atoms with van der Waals surface area (Å²) in [7, 11) is 0. The van der Waals surface area contributed by atoms with Gasteiger partial charge in [-0.05, 0) is 35.6 Å². The molecule has 0 unspecified atom stereocenters. The number of nitrogen functional groups attached to an aromatic ring is 1. The topological polar surface area (TPSA) is 29.3 Å². The van der Waals surface area contributed by atoms with Crippen molar-refractivity contribution in [2.75, 3.05) is 25.4 Å². The van der Waals surface area contributed by atoms with Crippen molar-refractivity contribution in [3.05, 3.63) is 35.9 Å². The highest BCUT2D eigenvalue weighted by molar-refractivity contribution is 5.67. The van der Waals surface area contributed by atoms with Gasteiger partial charge in [-0.25, -0.2) is 0 Å². The molecule has 0 aromatic heterocycles. The molecule has 0 spiro atoms. The van der Waals surface area contributed by atoms with Crippen molar-refractivity contribution in [2.45, 2.75) is 20.3 Å². The van der Waals surface area contributed by atoms with E-state index in [0.29, 0.717) is 0 Å². The minimum absolute atomic E-state index is 0.751. The number of hydrogen-bond acceptors (Lipinski definition) is 2. The summed E-state index contributed by atoms with van der Waals surface area (Å²) in [6, 6.07) is 8.21. The molecule has 0 saturated carbocycles. The van der Waals surface area contributed by atoms with Gasteiger partial charge in [-0.1, -0.05) is 32.1 Å². The maximum absolute atomic E-state index is 5.71. The van der Waals surface area contributed by atoms with Crippen LogP contribution in [0.1, 0.15) is 25.8 Å². The molecule has 2 heteroatoms. The molecule has 92 valence electrons. The van der Waals surface area contributed by atoms with E-state index < -0.39 is 0 Å². The Morgan fingerprint density at radius 1 is 1.24 bits per heavy atom. The molecule has 0 radical (unpaired) electrons. The molecule has 2 nitrogen and oxygen atoms in total. The van der Waals surface area contributed by atoms with Crippen molar-refractivity contribution < 1.29 is 0 Å². The normalized spacial score (nSPS) is 17.2. The molecule has 1 aliphatic heterocycles. The van der Waals surface area contributed by atoms with Gasteiger partial charge in [-0.15, -0.1) is 0 Å². The third-order valence-electron chi connectivity index (χ3n) is 3.20. The van der Waals surface area contributed by atoms with Crippen molar-refractivity contribution in [2.24, 2.45) is 5.92 Å². The van der Waals surface area contributed by atoms with Gasteiger partial charge in [-0.3, -0.25) is 4.90 Å². The Morgan fingerprint density at radius 2 is 1.94 bits per heavy atom. The van der Waals surface area contributed by atoms with Gasteiger partial charge < -0.3 is 5.73 Å². The highest BCUT2D eigenvalue weighted by Gasteiger charge is 2.13. The third-order valence-corrected chi connectivity index (χ3v) is 3.20. The van der Waals surface area contributed by atoms with E-state index in [9.17, 15) is 0 Å². The van der Waals surface area contributed by atoms with Crippen molar-refractivity contribution in [1.82, 2.24) is 4.90 Å². The molecule has 0 saturated heterocycles. The first-order valence-electron chi connectivity index (χ1n) is 6.42. The van der Waals surface area contributed by atoms with Gasteiger partial charge in [0, 0.05) is 25.3 Å². The van der Waals surface area contributed by atoms with Crippen LogP contribution in [0, 0.1) is 5.92 Å². The number of hydrogen-bond donors (Lipinski definition) is 1. The first-order chi connectivity index (χ1) is 8.15. The van der Waals surface area contributed by atoms with E-state index in [1.54, 1.807) is 0 Å². The van der Waals surface area contributed by atoms with Crippen molar-refractivity contribution in [3.8, 4) is 0 Å². The van der Waals surface area contributed by atoms with Crippen LogP contribution in [0.4, 0.5) is 5.69 Å². The Balaban J connectivity index is 2.00. The molecule has 0 aliphatic carbocycles. The second-order valence-corrected chi connectivity index (χ2v) is 5.25. The highest BCUT2D eigenvalue weighted by atomic mass is 15.1. The Morgan fingerprint density at radius 3 is 2.47 bits per heavy atom. The fourth-order valence-corrected chi connectivity index (χ4v) is 2.35. The van der Waals surface area contributed by atoms with E-state index in [2.05, 4.69) is 37.0 Å².